The Hall–Kier alpha value is -2.65. The summed E-state index contributed by atoms with van der Waals surface area (Å²) in [6.45, 7) is 0.978. The van der Waals surface area contributed by atoms with E-state index in [0.29, 0.717) is 30.4 Å². The first-order valence-corrected chi connectivity index (χ1v) is 9.14. The van der Waals surface area contributed by atoms with Gasteiger partial charge in [-0.15, -0.1) is 0 Å². The van der Waals surface area contributed by atoms with Crippen molar-refractivity contribution >= 4 is 29.0 Å². The van der Waals surface area contributed by atoms with E-state index < -0.39 is 11.8 Å². The van der Waals surface area contributed by atoms with Gasteiger partial charge in [-0.3, -0.25) is 19.4 Å². The van der Waals surface area contributed by atoms with Crippen LogP contribution >= 0.6 is 11.6 Å². The third kappa shape index (κ3) is 3.95. The Balaban J connectivity index is 1.57. The molecular weight excluding hydrogens is 390 g/mol. The van der Waals surface area contributed by atoms with Crippen LogP contribution in [0.2, 0.25) is 5.02 Å². The average Bonchev–Trinajstić information content (AvgIpc) is 3.04. The molecular formula is C18H17ClF2N6O. The maximum absolute atomic E-state index is 13.4. The van der Waals surface area contributed by atoms with E-state index in [0.717, 1.165) is 5.52 Å². The molecule has 3 aromatic heterocycles. The molecule has 146 valence electrons. The molecule has 3 aromatic rings. The van der Waals surface area contributed by atoms with Crippen molar-refractivity contribution in [1.29, 1.82) is 0 Å². The van der Waals surface area contributed by atoms with Crippen molar-refractivity contribution in [2.24, 2.45) is 0 Å². The second-order valence-corrected chi connectivity index (χ2v) is 7.09. The molecule has 0 spiro atoms. The minimum Gasteiger partial charge on any atom is -0.297 e. The minimum atomic E-state index is -2.60. The highest BCUT2D eigenvalue weighted by atomic mass is 35.5. The number of likely N-dealkylation sites (tertiary alicyclic amines) is 1. The number of hydrogen-bond donors (Lipinski definition) is 1. The number of carbonyl (C=O) groups is 1. The van der Waals surface area contributed by atoms with E-state index in [1.54, 1.807) is 16.7 Å². The van der Waals surface area contributed by atoms with Gasteiger partial charge in [0.05, 0.1) is 28.6 Å². The van der Waals surface area contributed by atoms with Crippen molar-refractivity contribution in [3.63, 3.8) is 0 Å². The molecule has 0 saturated carbocycles. The lowest BCUT2D eigenvalue weighted by Gasteiger charge is -2.31. The van der Waals surface area contributed by atoms with E-state index in [1.807, 2.05) is 17.0 Å². The molecule has 0 atom stereocenters. The fraction of sp³-hybridized carbons (Fsp3) is 0.333. The van der Waals surface area contributed by atoms with Crippen LogP contribution in [0.25, 0.3) is 5.52 Å². The van der Waals surface area contributed by atoms with Crippen molar-refractivity contribution in [3.05, 3.63) is 53.3 Å². The summed E-state index contributed by atoms with van der Waals surface area (Å²) in [7, 11) is 0. The molecule has 1 aliphatic heterocycles. The quantitative estimate of drug-likeness (QED) is 0.719. The Morgan fingerprint density at radius 3 is 2.64 bits per heavy atom. The number of imidazole rings is 1. The van der Waals surface area contributed by atoms with Gasteiger partial charge in [-0.1, -0.05) is 17.7 Å². The summed E-state index contributed by atoms with van der Waals surface area (Å²) < 4.78 is 28.4. The van der Waals surface area contributed by atoms with Crippen molar-refractivity contribution in [3.8, 4) is 0 Å². The highest BCUT2D eigenvalue weighted by Gasteiger charge is 2.34. The highest BCUT2D eigenvalue weighted by Crippen LogP contribution is 2.28. The van der Waals surface area contributed by atoms with Crippen LogP contribution in [-0.4, -0.2) is 49.2 Å². The van der Waals surface area contributed by atoms with E-state index in [1.165, 1.54) is 12.4 Å². The number of nitrogens with one attached hydrogen (secondary N) is 1. The molecule has 7 nitrogen and oxygen atoms in total. The number of nitrogens with zero attached hydrogens (tertiary/aromatic N) is 5. The second kappa shape index (κ2) is 7.40. The number of rotatable bonds is 4. The van der Waals surface area contributed by atoms with Crippen LogP contribution in [-0.2, 0) is 6.54 Å². The molecule has 0 aliphatic carbocycles. The van der Waals surface area contributed by atoms with Gasteiger partial charge in [0.25, 0.3) is 11.8 Å². The topological polar surface area (TPSA) is 75.4 Å². The normalized spacial score (nSPS) is 17.0. The summed E-state index contributed by atoms with van der Waals surface area (Å²) in [6, 6.07) is 5.47. The first-order chi connectivity index (χ1) is 13.4. The molecule has 4 heterocycles. The van der Waals surface area contributed by atoms with Gasteiger partial charge in [-0.25, -0.2) is 23.7 Å². The Morgan fingerprint density at radius 2 is 1.93 bits per heavy atom. The lowest BCUT2D eigenvalue weighted by molar-refractivity contribution is -0.0567. The molecule has 0 aromatic carbocycles. The molecule has 1 N–H and O–H groups in total. The number of piperidine rings is 1. The summed E-state index contributed by atoms with van der Waals surface area (Å²) in [5, 5.41) is 2.95. The van der Waals surface area contributed by atoms with E-state index in [-0.39, 0.29) is 24.6 Å². The van der Waals surface area contributed by atoms with Crippen LogP contribution in [0.3, 0.4) is 0 Å². The largest absolute Gasteiger partial charge is 0.297 e. The number of aromatic nitrogens is 4. The van der Waals surface area contributed by atoms with Gasteiger partial charge < -0.3 is 0 Å². The third-order valence-corrected chi connectivity index (χ3v) is 4.83. The number of hydrogen-bond acceptors (Lipinski definition) is 5. The number of pyridine rings is 1. The number of alkyl halides is 2. The van der Waals surface area contributed by atoms with Crippen molar-refractivity contribution in [1.82, 2.24) is 24.3 Å². The Kier molecular flexibility index (Phi) is 4.94. The van der Waals surface area contributed by atoms with Gasteiger partial charge in [0.1, 0.15) is 0 Å². The van der Waals surface area contributed by atoms with Crippen molar-refractivity contribution < 1.29 is 13.6 Å². The fourth-order valence-electron chi connectivity index (χ4n) is 3.16. The van der Waals surface area contributed by atoms with Crippen molar-refractivity contribution in [2.75, 3.05) is 18.4 Å². The standard InChI is InChI=1S/C18H17ClF2N6O/c19-12-9-22-17(23-10-12)25-16(28)15-24-13(14-3-1-2-6-27(14)15)11-26-7-4-18(20,21)5-8-26/h1-3,6,9-10H,4-5,7-8,11H2,(H,22,23,25,28). The molecule has 1 aliphatic rings. The molecule has 28 heavy (non-hydrogen) atoms. The van der Waals surface area contributed by atoms with Crippen LogP contribution in [0.4, 0.5) is 14.7 Å². The predicted octanol–water partition coefficient (Wildman–Crippen LogP) is 3.26. The minimum absolute atomic E-state index is 0.113. The average molecular weight is 407 g/mol. The number of anilines is 1. The first kappa shape index (κ1) is 18.7. The van der Waals surface area contributed by atoms with E-state index >= 15 is 0 Å². The summed E-state index contributed by atoms with van der Waals surface area (Å²) in [5.74, 6) is -2.79. The number of amides is 1. The van der Waals surface area contributed by atoms with Gasteiger partial charge in [0.15, 0.2) is 0 Å². The zero-order valence-corrected chi connectivity index (χ0v) is 15.5. The summed E-state index contributed by atoms with van der Waals surface area (Å²) in [5.41, 5.74) is 1.41. The van der Waals surface area contributed by atoms with E-state index in [2.05, 4.69) is 20.3 Å². The van der Waals surface area contributed by atoms with Crippen molar-refractivity contribution in [2.45, 2.75) is 25.3 Å². The van der Waals surface area contributed by atoms with Gasteiger partial charge in [0, 0.05) is 38.7 Å². The molecule has 1 amide bonds. The maximum Gasteiger partial charge on any atom is 0.294 e. The molecule has 0 bridgehead atoms. The Labute approximate surface area is 164 Å². The van der Waals surface area contributed by atoms with Gasteiger partial charge >= 0.3 is 0 Å². The first-order valence-electron chi connectivity index (χ1n) is 8.76. The molecule has 1 saturated heterocycles. The lowest BCUT2D eigenvalue weighted by atomic mass is 10.1. The summed E-state index contributed by atoms with van der Waals surface area (Å²) >= 11 is 5.75. The zero-order chi connectivity index (χ0) is 19.7. The van der Waals surface area contributed by atoms with Crippen LogP contribution in [0.5, 0.6) is 0 Å². The van der Waals surface area contributed by atoms with Crippen LogP contribution in [0.15, 0.2) is 36.8 Å². The smallest absolute Gasteiger partial charge is 0.294 e. The SMILES string of the molecule is O=C(Nc1ncc(Cl)cn1)c1nc(CN2CCC(F)(F)CC2)c2ccccn12. The molecule has 4 rings (SSSR count). The van der Waals surface area contributed by atoms with E-state index in [9.17, 15) is 13.6 Å². The molecule has 0 radical (unpaired) electrons. The lowest BCUT2D eigenvalue weighted by Crippen LogP contribution is -2.38. The predicted molar refractivity (Wildman–Crippen MR) is 99.6 cm³/mol. The highest BCUT2D eigenvalue weighted by molar-refractivity contribution is 6.30. The Bertz CT molecular complexity index is 997. The van der Waals surface area contributed by atoms with Crippen LogP contribution < -0.4 is 5.32 Å². The summed E-state index contributed by atoms with van der Waals surface area (Å²) in [4.78, 5) is 27.0. The molecule has 0 unspecified atom stereocenters. The van der Waals surface area contributed by atoms with E-state index in [4.69, 9.17) is 11.6 Å². The maximum atomic E-state index is 13.4. The zero-order valence-electron chi connectivity index (χ0n) is 14.8. The summed E-state index contributed by atoms with van der Waals surface area (Å²) in [6.07, 6.45) is 4.16. The Morgan fingerprint density at radius 1 is 1.21 bits per heavy atom. The van der Waals surface area contributed by atoms with Gasteiger partial charge in [-0.05, 0) is 12.1 Å². The molecule has 10 heteroatoms. The van der Waals surface area contributed by atoms with Gasteiger partial charge in [-0.2, -0.15) is 0 Å². The van der Waals surface area contributed by atoms with Crippen LogP contribution in [0.1, 0.15) is 29.2 Å². The number of halogens is 3. The fourth-order valence-corrected chi connectivity index (χ4v) is 3.26. The van der Waals surface area contributed by atoms with Gasteiger partial charge in [0.2, 0.25) is 11.8 Å². The van der Waals surface area contributed by atoms with Crippen LogP contribution in [0, 0.1) is 0 Å². The third-order valence-electron chi connectivity index (χ3n) is 4.63. The second-order valence-electron chi connectivity index (χ2n) is 6.65. The number of carbonyl (C=O) groups excluding carboxylic acids is 1. The monoisotopic (exact) mass is 406 g/mol. The number of fused-ring (bicyclic) bond motifs is 1. The molecule has 1 fully saturated rings.